The SMILES string of the molecule is CC(NC(=O)c1ccccc1NC(=O)CSc1nnc(-c2cccs2)n1C)c1ccccc1. The van der Waals surface area contributed by atoms with Crippen molar-refractivity contribution in [2.24, 2.45) is 7.05 Å². The van der Waals surface area contributed by atoms with Crippen LogP contribution in [0.15, 0.2) is 77.3 Å². The van der Waals surface area contributed by atoms with E-state index < -0.39 is 0 Å². The monoisotopic (exact) mass is 477 g/mol. The fourth-order valence-corrected chi connectivity index (χ4v) is 4.72. The van der Waals surface area contributed by atoms with Gasteiger partial charge in [0.25, 0.3) is 5.91 Å². The van der Waals surface area contributed by atoms with Gasteiger partial charge < -0.3 is 15.2 Å². The van der Waals surface area contributed by atoms with Crippen molar-refractivity contribution in [2.45, 2.75) is 18.1 Å². The van der Waals surface area contributed by atoms with E-state index in [0.29, 0.717) is 16.4 Å². The van der Waals surface area contributed by atoms with Gasteiger partial charge in [-0.2, -0.15) is 0 Å². The van der Waals surface area contributed by atoms with Crippen LogP contribution in [-0.2, 0) is 11.8 Å². The van der Waals surface area contributed by atoms with Crippen molar-refractivity contribution in [2.75, 3.05) is 11.1 Å². The number of anilines is 1. The van der Waals surface area contributed by atoms with Crippen molar-refractivity contribution in [3.8, 4) is 10.7 Å². The van der Waals surface area contributed by atoms with Gasteiger partial charge in [-0.15, -0.1) is 21.5 Å². The molecule has 9 heteroatoms. The Hall–Kier alpha value is -3.43. The number of hydrogen-bond acceptors (Lipinski definition) is 6. The molecule has 0 aliphatic carbocycles. The Labute approximate surface area is 200 Å². The minimum Gasteiger partial charge on any atom is -0.345 e. The van der Waals surface area contributed by atoms with E-state index in [9.17, 15) is 9.59 Å². The quantitative estimate of drug-likeness (QED) is 0.357. The van der Waals surface area contributed by atoms with Crippen LogP contribution in [0.4, 0.5) is 5.69 Å². The Bertz CT molecular complexity index is 1240. The zero-order chi connectivity index (χ0) is 23.2. The lowest BCUT2D eigenvalue weighted by Crippen LogP contribution is -2.28. The number of amides is 2. The minimum absolute atomic E-state index is 0.146. The summed E-state index contributed by atoms with van der Waals surface area (Å²) in [6, 6.07) is 20.5. The second-order valence-corrected chi connectivity index (χ2v) is 9.22. The number of thiophene rings is 1. The molecule has 1 atom stereocenters. The largest absolute Gasteiger partial charge is 0.345 e. The number of carbonyl (C=O) groups is 2. The second-order valence-electron chi connectivity index (χ2n) is 7.33. The highest BCUT2D eigenvalue weighted by Gasteiger charge is 2.17. The number of carbonyl (C=O) groups excluding carboxylic acids is 2. The molecule has 2 N–H and O–H groups in total. The molecule has 0 bridgehead atoms. The molecule has 0 aliphatic heterocycles. The first-order chi connectivity index (χ1) is 16.0. The van der Waals surface area contributed by atoms with E-state index in [1.807, 2.05) is 66.4 Å². The van der Waals surface area contributed by atoms with Crippen LogP contribution in [0, 0.1) is 0 Å². The predicted molar refractivity (Wildman–Crippen MR) is 132 cm³/mol. The molecule has 0 aliphatic rings. The Morgan fingerprint density at radius 1 is 1.03 bits per heavy atom. The van der Waals surface area contributed by atoms with Gasteiger partial charge in [-0.3, -0.25) is 9.59 Å². The minimum atomic E-state index is -0.246. The van der Waals surface area contributed by atoms with Crippen molar-refractivity contribution in [3.05, 3.63) is 83.2 Å². The van der Waals surface area contributed by atoms with Crippen molar-refractivity contribution < 1.29 is 9.59 Å². The Balaban J connectivity index is 1.38. The summed E-state index contributed by atoms with van der Waals surface area (Å²) in [5.74, 6) is 0.440. The highest BCUT2D eigenvalue weighted by Crippen LogP contribution is 2.26. The first-order valence-corrected chi connectivity index (χ1v) is 12.2. The topological polar surface area (TPSA) is 88.9 Å². The predicted octanol–water partition coefficient (Wildman–Crippen LogP) is 4.77. The van der Waals surface area contributed by atoms with E-state index in [1.165, 1.54) is 11.8 Å². The zero-order valence-electron chi connectivity index (χ0n) is 18.2. The molecular formula is C24H23N5O2S2. The van der Waals surface area contributed by atoms with Gasteiger partial charge in [0.2, 0.25) is 5.91 Å². The maximum Gasteiger partial charge on any atom is 0.253 e. The van der Waals surface area contributed by atoms with Crippen LogP contribution in [0.5, 0.6) is 0 Å². The van der Waals surface area contributed by atoms with Crippen LogP contribution in [0.1, 0.15) is 28.9 Å². The van der Waals surface area contributed by atoms with Gasteiger partial charge in [0.05, 0.1) is 27.9 Å². The fourth-order valence-electron chi connectivity index (χ4n) is 3.27. The van der Waals surface area contributed by atoms with Gasteiger partial charge in [0.15, 0.2) is 11.0 Å². The summed E-state index contributed by atoms with van der Waals surface area (Å²) in [7, 11) is 1.88. The molecule has 0 saturated carbocycles. The molecule has 0 radical (unpaired) electrons. The number of thioether (sulfide) groups is 1. The van der Waals surface area contributed by atoms with E-state index in [2.05, 4.69) is 20.8 Å². The number of para-hydroxylation sites is 1. The smallest absolute Gasteiger partial charge is 0.253 e. The lowest BCUT2D eigenvalue weighted by Gasteiger charge is -2.16. The molecule has 2 heterocycles. The number of benzene rings is 2. The molecule has 4 rings (SSSR count). The number of hydrogen-bond donors (Lipinski definition) is 2. The first kappa shape index (κ1) is 22.8. The van der Waals surface area contributed by atoms with Crippen molar-refractivity contribution >= 4 is 40.6 Å². The summed E-state index contributed by atoms with van der Waals surface area (Å²) in [6.07, 6.45) is 0. The lowest BCUT2D eigenvalue weighted by atomic mass is 10.1. The van der Waals surface area contributed by atoms with Gasteiger partial charge in [-0.1, -0.05) is 60.3 Å². The molecule has 0 fully saturated rings. The van der Waals surface area contributed by atoms with E-state index >= 15 is 0 Å². The summed E-state index contributed by atoms with van der Waals surface area (Å²) in [6.45, 7) is 1.93. The second kappa shape index (κ2) is 10.5. The van der Waals surface area contributed by atoms with Crippen LogP contribution in [0.3, 0.4) is 0 Å². The molecule has 33 heavy (non-hydrogen) atoms. The molecule has 2 aromatic carbocycles. The number of aromatic nitrogens is 3. The van der Waals surface area contributed by atoms with Crippen molar-refractivity contribution in [1.29, 1.82) is 0 Å². The van der Waals surface area contributed by atoms with Gasteiger partial charge in [0, 0.05) is 7.05 Å². The number of nitrogens with zero attached hydrogens (tertiary/aromatic N) is 3. The average molecular weight is 478 g/mol. The Morgan fingerprint density at radius 2 is 1.79 bits per heavy atom. The standard InChI is InChI=1S/C24H23N5O2S2/c1-16(17-9-4-3-5-10-17)25-23(31)18-11-6-7-12-19(18)26-21(30)15-33-24-28-27-22(29(24)2)20-13-8-14-32-20/h3-14,16H,15H2,1-2H3,(H,25,31)(H,26,30). The first-order valence-electron chi connectivity index (χ1n) is 10.3. The Morgan fingerprint density at radius 3 is 2.55 bits per heavy atom. The summed E-state index contributed by atoms with van der Waals surface area (Å²) in [4.78, 5) is 26.5. The van der Waals surface area contributed by atoms with E-state index in [4.69, 9.17) is 0 Å². The third-order valence-corrected chi connectivity index (χ3v) is 6.89. The maximum absolute atomic E-state index is 12.9. The third-order valence-electron chi connectivity index (χ3n) is 5.00. The molecule has 7 nitrogen and oxygen atoms in total. The highest BCUT2D eigenvalue weighted by molar-refractivity contribution is 7.99. The molecule has 2 amide bonds. The van der Waals surface area contributed by atoms with E-state index in [0.717, 1.165) is 16.3 Å². The van der Waals surface area contributed by atoms with Crippen LogP contribution in [0.2, 0.25) is 0 Å². The molecule has 0 saturated heterocycles. The molecule has 1 unspecified atom stereocenters. The Kier molecular flexibility index (Phi) is 7.21. The van der Waals surface area contributed by atoms with Crippen molar-refractivity contribution in [1.82, 2.24) is 20.1 Å². The zero-order valence-corrected chi connectivity index (χ0v) is 19.8. The summed E-state index contributed by atoms with van der Waals surface area (Å²) >= 11 is 2.88. The third kappa shape index (κ3) is 5.50. The van der Waals surface area contributed by atoms with Gasteiger partial charge in [-0.05, 0) is 36.1 Å². The number of rotatable bonds is 8. The van der Waals surface area contributed by atoms with Gasteiger partial charge in [0.1, 0.15) is 0 Å². The molecule has 168 valence electrons. The summed E-state index contributed by atoms with van der Waals surface area (Å²) in [5.41, 5.74) is 1.89. The number of nitrogens with one attached hydrogen (secondary N) is 2. The summed E-state index contributed by atoms with van der Waals surface area (Å²) in [5, 5.41) is 16.9. The van der Waals surface area contributed by atoms with Gasteiger partial charge in [-0.25, -0.2) is 0 Å². The molecule has 0 spiro atoms. The van der Waals surface area contributed by atoms with Crippen molar-refractivity contribution in [3.63, 3.8) is 0 Å². The van der Waals surface area contributed by atoms with Crippen LogP contribution < -0.4 is 10.6 Å². The normalized spacial score (nSPS) is 11.7. The average Bonchev–Trinajstić information content (AvgIpc) is 3.48. The van der Waals surface area contributed by atoms with Crippen LogP contribution in [0.25, 0.3) is 10.7 Å². The molecular weight excluding hydrogens is 454 g/mol. The van der Waals surface area contributed by atoms with Gasteiger partial charge >= 0.3 is 0 Å². The molecule has 2 aromatic heterocycles. The molecule has 4 aromatic rings. The van der Waals surface area contributed by atoms with E-state index in [-0.39, 0.29) is 23.6 Å². The maximum atomic E-state index is 12.9. The van der Waals surface area contributed by atoms with Crippen LogP contribution in [-0.4, -0.2) is 32.3 Å². The van der Waals surface area contributed by atoms with E-state index in [1.54, 1.807) is 35.6 Å². The lowest BCUT2D eigenvalue weighted by molar-refractivity contribution is -0.113. The van der Waals surface area contributed by atoms with Crippen LogP contribution >= 0.6 is 23.1 Å². The summed E-state index contributed by atoms with van der Waals surface area (Å²) < 4.78 is 1.87. The highest BCUT2D eigenvalue weighted by atomic mass is 32.2. The fraction of sp³-hybridized carbons (Fsp3) is 0.167.